The number of thioether (sulfide) groups is 1. The Hall–Kier alpha value is -2.21. The van der Waals surface area contributed by atoms with Gasteiger partial charge in [-0.1, -0.05) is 24.3 Å². The zero-order valence-electron chi connectivity index (χ0n) is 16.4. The van der Waals surface area contributed by atoms with Crippen LogP contribution in [0.1, 0.15) is 12.0 Å². The molecule has 0 radical (unpaired) electrons. The van der Waals surface area contributed by atoms with Crippen molar-refractivity contribution in [2.45, 2.75) is 17.9 Å². The van der Waals surface area contributed by atoms with Gasteiger partial charge in [0, 0.05) is 63.2 Å². The Balaban J connectivity index is 1.52. The third kappa shape index (κ3) is 5.39. The van der Waals surface area contributed by atoms with Gasteiger partial charge in [-0.3, -0.25) is 4.99 Å². The van der Waals surface area contributed by atoms with Crippen molar-refractivity contribution in [3.63, 3.8) is 0 Å². The van der Waals surface area contributed by atoms with E-state index < -0.39 is 0 Å². The van der Waals surface area contributed by atoms with Gasteiger partial charge in [-0.25, -0.2) is 4.98 Å². The van der Waals surface area contributed by atoms with Crippen molar-refractivity contribution in [2.24, 2.45) is 10.9 Å². The summed E-state index contributed by atoms with van der Waals surface area (Å²) in [6.45, 7) is 2.86. The van der Waals surface area contributed by atoms with Gasteiger partial charge >= 0.3 is 0 Å². The summed E-state index contributed by atoms with van der Waals surface area (Å²) in [4.78, 5) is 14.8. The van der Waals surface area contributed by atoms with E-state index in [0.29, 0.717) is 5.92 Å². The van der Waals surface area contributed by atoms with Gasteiger partial charge in [0.05, 0.1) is 0 Å². The third-order valence-electron chi connectivity index (χ3n) is 4.75. The van der Waals surface area contributed by atoms with E-state index in [1.54, 1.807) is 0 Å². The maximum Gasteiger partial charge on any atom is 0.193 e. The molecule has 144 valence electrons. The average Bonchev–Trinajstić information content (AvgIpc) is 3.17. The molecule has 27 heavy (non-hydrogen) atoms. The van der Waals surface area contributed by atoms with Crippen LogP contribution in [-0.4, -0.2) is 55.8 Å². The highest BCUT2D eigenvalue weighted by molar-refractivity contribution is 7.99. The van der Waals surface area contributed by atoms with E-state index in [1.807, 2.05) is 50.1 Å². The largest absolute Gasteiger partial charge is 0.362 e. The van der Waals surface area contributed by atoms with Gasteiger partial charge in [0.25, 0.3) is 0 Å². The van der Waals surface area contributed by atoms with Crippen molar-refractivity contribution in [1.29, 1.82) is 0 Å². The number of pyridine rings is 1. The second kappa shape index (κ2) is 9.65. The van der Waals surface area contributed by atoms with E-state index in [0.717, 1.165) is 37.2 Å². The highest BCUT2D eigenvalue weighted by atomic mass is 32.2. The maximum atomic E-state index is 4.50. The number of aromatic nitrogens is 1. The van der Waals surface area contributed by atoms with Crippen molar-refractivity contribution in [3.05, 3.63) is 54.2 Å². The van der Waals surface area contributed by atoms with E-state index in [2.05, 4.69) is 56.6 Å². The molecular weight excluding hydrogens is 354 g/mol. The molecule has 0 aliphatic carbocycles. The molecule has 5 nitrogen and oxygen atoms in total. The molecule has 2 heterocycles. The second-order valence-corrected chi connectivity index (χ2v) is 8.10. The topological polar surface area (TPSA) is 43.8 Å². The Morgan fingerprint density at radius 1 is 1.26 bits per heavy atom. The van der Waals surface area contributed by atoms with Crippen LogP contribution < -0.4 is 10.2 Å². The highest BCUT2D eigenvalue weighted by Crippen LogP contribution is 2.26. The number of benzene rings is 1. The number of nitrogens with zero attached hydrogens (tertiary/aromatic N) is 4. The number of aliphatic imine (C=N–C) groups is 1. The SMILES string of the molecule is CN=C(NCc1cccnc1N(C)C)N1CCC(CSc2ccccc2)C1. The molecule has 1 aromatic carbocycles. The standard InChI is InChI=1S/C21H29N5S/c1-22-21(24-14-18-8-7-12-23-20(18)25(2)3)26-13-11-17(15-26)16-27-19-9-5-4-6-10-19/h4-10,12,17H,11,13-16H2,1-3H3,(H,22,24). The lowest BCUT2D eigenvalue weighted by Crippen LogP contribution is -2.40. The summed E-state index contributed by atoms with van der Waals surface area (Å²) < 4.78 is 0. The normalized spacial score (nSPS) is 17.2. The molecule has 6 heteroatoms. The number of rotatable bonds is 6. The van der Waals surface area contributed by atoms with E-state index in [4.69, 9.17) is 0 Å². The van der Waals surface area contributed by atoms with Gasteiger partial charge in [-0.15, -0.1) is 11.8 Å². The third-order valence-corrected chi connectivity index (χ3v) is 6.00. The van der Waals surface area contributed by atoms with Crippen LogP contribution in [0.4, 0.5) is 5.82 Å². The van der Waals surface area contributed by atoms with Gasteiger partial charge in [0.2, 0.25) is 0 Å². The first-order valence-corrected chi connectivity index (χ1v) is 10.4. The predicted octanol–water partition coefficient (Wildman–Crippen LogP) is 3.34. The fourth-order valence-electron chi connectivity index (χ4n) is 3.37. The molecule has 0 amide bonds. The first-order valence-electron chi connectivity index (χ1n) is 9.42. The molecule has 1 aliphatic rings. The number of hydrogen-bond acceptors (Lipinski definition) is 4. The van der Waals surface area contributed by atoms with Crippen molar-refractivity contribution in [3.8, 4) is 0 Å². The lowest BCUT2D eigenvalue weighted by Gasteiger charge is -2.23. The van der Waals surface area contributed by atoms with Gasteiger partial charge in [-0.2, -0.15) is 0 Å². The molecule has 1 N–H and O–H groups in total. The smallest absolute Gasteiger partial charge is 0.193 e. The Morgan fingerprint density at radius 3 is 2.81 bits per heavy atom. The lowest BCUT2D eigenvalue weighted by molar-refractivity contribution is 0.474. The Labute approximate surface area is 166 Å². The minimum absolute atomic E-state index is 0.699. The Bertz CT molecular complexity index is 747. The molecule has 2 aromatic rings. The summed E-state index contributed by atoms with van der Waals surface area (Å²) in [5.74, 6) is 3.84. The quantitative estimate of drug-likeness (QED) is 0.471. The number of likely N-dealkylation sites (tertiary alicyclic amines) is 1. The number of hydrogen-bond donors (Lipinski definition) is 1. The second-order valence-electron chi connectivity index (χ2n) is 7.01. The minimum atomic E-state index is 0.699. The van der Waals surface area contributed by atoms with Crippen LogP contribution in [0.25, 0.3) is 0 Å². The molecule has 1 saturated heterocycles. The number of nitrogens with one attached hydrogen (secondary N) is 1. The molecule has 0 spiro atoms. The molecule has 3 rings (SSSR count). The van der Waals surface area contributed by atoms with E-state index in [-0.39, 0.29) is 0 Å². The molecular formula is C21H29N5S. The fraction of sp³-hybridized carbons (Fsp3) is 0.429. The van der Waals surface area contributed by atoms with Crippen LogP contribution in [0.3, 0.4) is 0 Å². The fourth-order valence-corrected chi connectivity index (χ4v) is 4.42. The Kier molecular flexibility index (Phi) is 6.98. The van der Waals surface area contributed by atoms with E-state index in [1.165, 1.54) is 16.9 Å². The van der Waals surface area contributed by atoms with E-state index in [9.17, 15) is 0 Å². The van der Waals surface area contributed by atoms with Crippen LogP contribution in [-0.2, 0) is 6.54 Å². The Morgan fingerprint density at radius 2 is 2.07 bits per heavy atom. The van der Waals surface area contributed by atoms with Crippen molar-refractivity contribution >= 4 is 23.5 Å². The van der Waals surface area contributed by atoms with Gasteiger partial charge in [0.15, 0.2) is 5.96 Å². The zero-order chi connectivity index (χ0) is 19.1. The molecule has 1 aliphatic heterocycles. The van der Waals surface area contributed by atoms with Gasteiger partial charge < -0.3 is 15.1 Å². The van der Waals surface area contributed by atoms with Crippen LogP contribution in [0.2, 0.25) is 0 Å². The summed E-state index contributed by atoms with van der Waals surface area (Å²) in [6.07, 6.45) is 3.06. The highest BCUT2D eigenvalue weighted by Gasteiger charge is 2.25. The molecule has 1 aromatic heterocycles. The monoisotopic (exact) mass is 383 g/mol. The molecule has 0 saturated carbocycles. The van der Waals surface area contributed by atoms with Crippen molar-refractivity contribution in [2.75, 3.05) is 44.9 Å². The first-order chi connectivity index (χ1) is 13.2. The van der Waals surface area contributed by atoms with Crippen LogP contribution in [0.5, 0.6) is 0 Å². The summed E-state index contributed by atoms with van der Waals surface area (Å²) in [6, 6.07) is 14.8. The molecule has 1 unspecified atom stereocenters. The summed E-state index contributed by atoms with van der Waals surface area (Å²) in [5.41, 5.74) is 1.18. The predicted molar refractivity (Wildman–Crippen MR) is 116 cm³/mol. The number of anilines is 1. The number of guanidine groups is 1. The van der Waals surface area contributed by atoms with Gasteiger partial charge in [-0.05, 0) is 30.5 Å². The molecule has 0 bridgehead atoms. The maximum absolute atomic E-state index is 4.50. The van der Waals surface area contributed by atoms with Gasteiger partial charge in [0.1, 0.15) is 5.82 Å². The molecule has 1 atom stereocenters. The van der Waals surface area contributed by atoms with Crippen molar-refractivity contribution in [1.82, 2.24) is 15.2 Å². The zero-order valence-corrected chi connectivity index (χ0v) is 17.2. The lowest BCUT2D eigenvalue weighted by atomic mass is 10.2. The van der Waals surface area contributed by atoms with E-state index >= 15 is 0 Å². The van der Waals surface area contributed by atoms with Crippen LogP contribution in [0, 0.1) is 5.92 Å². The first kappa shape index (κ1) is 19.5. The van der Waals surface area contributed by atoms with Crippen molar-refractivity contribution < 1.29 is 0 Å². The molecule has 1 fully saturated rings. The average molecular weight is 384 g/mol. The summed E-state index contributed by atoms with van der Waals surface area (Å²) >= 11 is 1.95. The summed E-state index contributed by atoms with van der Waals surface area (Å²) in [5, 5.41) is 3.52. The van der Waals surface area contributed by atoms with Crippen LogP contribution >= 0.6 is 11.8 Å². The summed E-state index contributed by atoms with van der Waals surface area (Å²) in [7, 11) is 5.91. The minimum Gasteiger partial charge on any atom is -0.362 e. The van der Waals surface area contributed by atoms with Crippen LogP contribution in [0.15, 0.2) is 58.5 Å².